The van der Waals surface area contributed by atoms with Crippen LogP contribution in [-0.2, 0) is 11.4 Å². The Labute approximate surface area is 115 Å². The highest BCUT2D eigenvalue weighted by Crippen LogP contribution is 2.18. The number of nitrogens with zero attached hydrogens (tertiary/aromatic N) is 1. The maximum Gasteiger partial charge on any atom is 0.223 e. The summed E-state index contributed by atoms with van der Waals surface area (Å²) >= 11 is 1.37. The first-order valence-electron chi connectivity index (χ1n) is 5.59. The van der Waals surface area contributed by atoms with Gasteiger partial charge < -0.3 is 10.1 Å². The zero-order valence-electron chi connectivity index (χ0n) is 10.3. The molecular formula is C14H12N2O2S. The number of hydrogen-bond donors (Lipinski definition) is 1. The summed E-state index contributed by atoms with van der Waals surface area (Å²) in [5.41, 5.74) is 1.59. The predicted octanol–water partition coefficient (Wildman–Crippen LogP) is 2.66. The average molecular weight is 272 g/mol. The van der Waals surface area contributed by atoms with Gasteiger partial charge in [0.2, 0.25) is 5.91 Å². The molecule has 0 saturated carbocycles. The third kappa shape index (κ3) is 3.83. The topological polar surface area (TPSA) is 51.2 Å². The lowest BCUT2D eigenvalue weighted by molar-refractivity contribution is -0.114. The SMILES string of the molecule is C#Cc1ccc(OCc2csc(NC(C)=O)n2)cc1. The van der Waals surface area contributed by atoms with Crippen LogP contribution in [0.1, 0.15) is 18.2 Å². The molecule has 19 heavy (non-hydrogen) atoms. The Morgan fingerprint density at radius 2 is 2.21 bits per heavy atom. The van der Waals surface area contributed by atoms with Gasteiger partial charge in [0, 0.05) is 17.9 Å². The summed E-state index contributed by atoms with van der Waals surface area (Å²) in [5, 5.41) is 5.06. The number of amides is 1. The minimum Gasteiger partial charge on any atom is -0.487 e. The van der Waals surface area contributed by atoms with Gasteiger partial charge in [0.25, 0.3) is 0 Å². The van der Waals surface area contributed by atoms with Crippen LogP contribution in [0.2, 0.25) is 0 Å². The van der Waals surface area contributed by atoms with E-state index in [2.05, 4.69) is 16.2 Å². The molecular weight excluding hydrogens is 260 g/mol. The summed E-state index contributed by atoms with van der Waals surface area (Å²) in [5.74, 6) is 3.14. The number of nitrogens with one attached hydrogen (secondary N) is 1. The van der Waals surface area contributed by atoms with Crippen LogP contribution in [0.3, 0.4) is 0 Å². The van der Waals surface area contributed by atoms with Gasteiger partial charge in [-0.15, -0.1) is 17.8 Å². The van der Waals surface area contributed by atoms with E-state index in [1.807, 2.05) is 29.6 Å². The Bertz CT molecular complexity index is 611. The maximum atomic E-state index is 10.9. The van der Waals surface area contributed by atoms with E-state index in [0.717, 1.165) is 17.0 Å². The molecule has 96 valence electrons. The number of ether oxygens (including phenoxy) is 1. The number of aromatic nitrogens is 1. The maximum absolute atomic E-state index is 10.9. The molecule has 1 aromatic heterocycles. The molecule has 0 aliphatic carbocycles. The Morgan fingerprint density at radius 1 is 1.47 bits per heavy atom. The second-order valence-electron chi connectivity index (χ2n) is 3.78. The summed E-state index contributed by atoms with van der Waals surface area (Å²) in [7, 11) is 0. The van der Waals surface area contributed by atoms with Gasteiger partial charge in [-0.25, -0.2) is 4.98 Å². The highest BCUT2D eigenvalue weighted by Gasteiger charge is 2.04. The van der Waals surface area contributed by atoms with Gasteiger partial charge in [-0.1, -0.05) is 5.92 Å². The van der Waals surface area contributed by atoms with E-state index in [1.165, 1.54) is 18.3 Å². The van der Waals surface area contributed by atoms with Crippen LogP contribution >= 0.6 is 11.3 Å². The molecule has 1 heterocycles. The number of rotatable bonds is 4. The highest BCUT2D eigenvalue weighted by molar-refractivity contribution is 7.13. The zero-order valence-corrected chi connectivity index (χ0v) is 11.2. The fraction of sp³-hybridized carbons (Fsp3) is 0.143. The van der Waals surface area contributed by atoms with E-state index in [9.17, 15) is 4.79 Å². The second-order valence-corrected chi connectivity index (χ2v) is 4.64. The first-order chi connectivity index (χ1) is 9.17. The fourth-order valence-corrected chi connectivity index (χ4v) is 2.13. The molecule has 2 rings (SSSR count). The number of thiazole rings is 1. The molecule has 0 saturated heterocycles. The van der Waals surface area contributed by atoms with E-state index in [0.29, 0.717) is 11.7 Å². The molecule has 5 heteroatoms. The van der Waals surface area contributed by atoms with Crippen molar-refractivity contribution in [1.82, 2.24) is 4.98 Å². The molecule has 0 atom stereocenters. The predicted molar refractivity (Wildman–Crippen MR) is 75.1 cm³/mol. The van der Waals surface area contributed by atoms with Crippen LogP contribution in [-0.4, -0.2) is 10.9 Å². The number of carbonyl (C=O) groups excluding carboxylic acids is 1. The molecule has 0 aliphatic heterocycles. The van der Waals surface area contributed by atoms with Gasteiger partial charge in [0.1, 0.15) is 12.4 Å². The summed E-state index contributed by atoms with van der Waals surface area (Å²) in [6.45, 7) is 1.80. The quantitative estimate of drug-likeness (QED) is 0.871. The Morgan fingerprint density at radius 3 is 2.84 bits per heavy atom. The van der Waals surface area contributed by atoms with E-state index < -0.39 is 0 Å². The second kappa shape index (κ2) is 6.03. The van der Waals surface area contributed by atoms with Crippen molar-refractivity contribution in [3.63, 3.8) is 0 Å². The van der Waals surface area contributed by atoms with Gasteiger partial charge in [0.15, 0.2) is 5.13 Å². The van der Waals surface area contributed by atoms with Gasteiger partial charge in [-0.3, -0.25) is 4.79 Å². The lowest BCUT2D eigenvalue weighted by Crippen LogP contribution is -2.05. The van der Waals surface area contributed by atoms with Gasteiger partial charge in [-0.05, 0) is 24.3 Å². The number of carbonyl (C=O) groups is 1. The third-order valence-corrected chi connectivity index (χ3v) is 3.05. The fourth-order valence-electron chi connectivity index (χ4n) is 1.39. The summed E-state index contributed by atoms with van der Waals surface area (Å²) in [6, 6.07) is 7.27. The minimum absolute atomic E-state index is 0.133. The Kier molecular flexibility index (Phi) is 4.16. The van der Waals surface area contributed by atoms with Crippen molar-refractivity contribution >= 4 is 22.4 Å². The number of benzene rings is 1. The Balaban J connectivity index is 1.92. The highest BCUT2D eigenvalue weighted by atomic mass is 32.1. The van der Waals surface area contributed by atoms with Gasteiger partial charge >= 0.3 is 0 Å². The molecule has 0 fully saturated rings. The van der Waals surface area contributed by atoms with Crippen LogP contribution in [0.25, 0.3) is 0 Å². The zero-order chi connectivity index (χ0) is 13.7. The standard InChI is InChI=1S/C14H12N2O2S/c1-3-11-4-6-13(7-5-11)18-8-12-9-19-14(16-12)15-10(2)17/h1,4-7,9H,8H2,2H3,(H,15,16,17). The molecule has 4 nitrogen and oxygen atoms in total. The van der Waals surface area contributed by atoms with Gasteiger partial charge in [0.05, 0.1) is 5.69 Å². The molecule has 2 aromatic rings. The van der Waals surface area contributed by atoms with E-state index in [1.54, 1.807) is 0 Å². The Hall–Kier alpha value is -2.32. The molecule has 1 N–H and O–H groups in total. The molecule has 0 radical (unpaired) electrons. The average Bonchev–Trinajstić information content (AvgIpc) is 2.84. The molecule has 0 spiro atoms. The molecule has 0 unspecified atom stereocenters. The summed E-state index contributed by atoms with van der Waals surface area (Å²) < 4.78 is 5.57. The lowest BCUT2D eigenvalue weighted by Gasteiger charge is -2.03. The minimum atomic E-state index is -0.133. The van der Waals surface area contributed by atoms with Crippen molar-refractivity contribution < 1.29 is 9.53 Å². The molecule has 0 bridgehead atoms. The third-order valence-electron chi connectivity index (χ3n) is 2.24. The first kappa shape index (κ1) is 13.1. The van der Waals surface area contributed by atoms with Gasteiger partial charge in [-0.2, -0.15) is 0 Å². The monoisotopic (exact) mass is 272 g/mol. The van der Waals surface area contributed by atoms with Crippen molar-refractivity contribution in [1.29, 1.82) is 0 Å². The molecule has 1 amide bonds. The van der Waals surface area contributed by atoms with Crippen LogP contribution in [0.4, 0.5) is 5.13 Å². The van der Waals surface area contributed by atoms with Crippen molar-refractivity contribution in [3.8, 4) is 18.1 Å². The molecule has 0 aliphatic rings. The number of hydrogen-bond acceptors (Lipinski definition) is 4. The van der Waals surface area contributed by atoms with E-state index in [4.69, 9.17) is 11.2 Å². The van der Waals surface area contributed by atoms with Crippen LogP contribution < -0.4 is 10.1 Å². The largest absolute Gasteiger partial charge is 0.487 e. The number of terminal acetylenes is 1. The summed E-state index contributed by atoms with van der Waals surface area (Å²) in [6.07, 6.45) is 5.27. The van der Waals surface area contributed by atoms with Crippen LogP contribution in [0.15, 0.2) is 29.6 Å². The lowest BCUT2D eigenvalue weighted by atomic mass is 10.2. The van der Waals surface area contributed by atoms with Crippen molar-refractivity contribution in [3.05, 3.63) is 40.9 Å². The summed E-state index contributed by atoms with van der Waals surface area (Å²) in [4.78, 5) is 15.1. The van der Waals surface area contributed by atoms with E-state index in [-0.39, 0.29) is 5.91 Å². The number of anilines is 1. The van der Waals surface area contributed by atoms with Crippen LogP contribution in [0.5, 0.6) is 5.75 Å². The van der Waals surface area contributed by atoms with Crippen molar-refractivity contribution in [2.75, 3.05) is 5.32 Å². The first-order valence-corrected chi connectivity index (χ1v) is 6.47. The molecule has 1 aromatic carbocycles. The van der Waals surface area contributed by atoms with Crippen LogP contribution in [0, 0.1) is 12.3 Å². The smallest absolute Gasteiger partial charge is 0.223 e. The van der Waals surface area contributed by atoms with E-state index >= 15 is 0 Å². The van der Waals surface area contributed by atoms with Crippen molar-refractivity contribution in [2.45, 2.75) is 13.5 Å². The normalized spacial score (nSPS) is 9.68. The van der Waals surface area contributed by atoms with Crippen molar-refractivity contribution in [2.24, 2.45) is 0 Å².